The highest BCUT2D eigenvalue weighted by Crippen LogP contribution is 2.30. The first-order valence-electron chi connectivity index (χ1n) is 7.72. The van der Waals surface area contributed by atoms with Crippen LogP contribution in [0.1, 0.15) is 29.2 Å². The summed E-state index contributed by atoms with van der Waals surface area (Å²) in [5, 5.41) is 4.12. The second-order valence-electron chi connectivity index (χ2n) is 5.68. The molecular weight excluding hydrogens is 308 g/mol. The first-order chi connectivity index (χ1) is 11.2. The number of nitrogens with zero attached hydrogens (tertiary/aromatic N) is 3. The van der Waals surface area contributed by atoms with Crippen LogP contribution >= 0.6 is 11.3 Å². The highest BCUT2D eigenvalue weighted by Gasteiger charge is 2.22. The molecule has 0 saturated carbocycles. The van der Waals surface area contributed by atoms with E-state index in [1.165, 1.54) is 16.5 Å². The third-order valence-electron chi connectivity index (χ3n) is 4.09. The topological polar surface area (TPSA) is 58.1 Å². The smallest absolute Gasteiger partial charge is 0.245 e. The summed E-state index contributed by atoms with van der Waals surface area (Å²) in [4.78, 5) is 23.4. The minimum absolute atomic E-state index is 0.0275. The van der Waals surface area contributed by atoms with Crippen LogP contribution in [0.25, 0.3) is 0 Å². The molecule has 1 N–H and O–H groups in total. The Morgan fingerprint density at radius 1 is 1.43 bits per heavy atom. The summed E-state index contributed by atoms with van der Waals surface area (Å²) < 4.78 is 0. The third-order valence-corrected chi connectivity index (χ3v) is 4.92. The Bertz CT molecular complexity index is 704. The molecular formula is C17H20N4OS. The van der Waals surface area contributed by atoms with Gasteiger partial charge in [0.15, 0.2) is 5.13 Å². The number of amides is 1. The molecule has 1 aliphatic heterocycles. The van der Waals surface area contributed by atoms with Crippen LogP contribution in [-0.4, -0.2) is 33.9 Å². The molecule has 3 rings (SSSR count). The molecule has 0 aliphatic carbocycles. The van der Waals surface area contributed by atoms with Crippen molar-refractivity contribution in [1.29, 1.82) is 0 Å². The lowest BCUT2D eigenvalue weighted by molar-refractivity contribution is -0.127. The van der Waals surface area contributed by atoms with Crippen molar-refractivity contribution in [2.75, 3.05) is 18.4 Å². The number of carbonyl (C=O) groups excluding carboxylic acids is 1. The standard InChI is InChI=1S/C17H20N4OS/c1-3-16(22)21-8-5-13(6-9-21)14-4-7-18-15(10-14)20-17-19-11-12(2)23-17/h3-4,7,10-11,13H,1,5-6,8-9H2,2H3,(H,18,19,20). The van der Waals surface area contributed by atoms with E-state index in [4.69, 9.17) is 0 Å². The van der Waals surface area contributed by atoms with E-state index in [1.807, 2.05) is 24.2 Å². The minimum atomic E-state index is 0.0275. The van der Waals surface area contributed by atoms with Gasteiger partial charge in [0.25, 0.3) is 0 Å². The van der Waals surface area contributed by atoms with Gasteiger partial charge in [0.05, 0.1) is 0 Å². The van der Waals surface area contributed by atoms with E-state index in [9.17, 15) is 4.79 Å². The fourth-order valence-corrected chi connectivity index (χ4v) is 3.52. The molecule has 2 aromatic rings. The summed E-state index contributed by atoms with van der Waals surface area (Å²) in [7, 11) is 0. The maximum absolute atomic E-state index is 11.7. The zero-order chi connectivity index (χ0) is 16.2. The van der Waals surface area contributed by atoms with Crippen molar-refractivity contribution in [3.8, 4) is 0 Å². The number of rotatable bonds is 4. The first-order valence-corrected chi connectivity index (χ1v) is 8.54. The maximum Gasteiger partial charge on any atom is 0.245 e. The number of hydrogen-bond donors (Lipinski definition) is 1. The van der Waals surface area contributed by atoms with Crippen LogP contribution in [0.2, 0.25) is 0 Å². The van der Waals surface area contributed by atoms with Gasteiger partial charge in [-0.15, -0.1) is 11.3 Å². The normalized spacial score (nSPS) is 15.4. The van der Waals surface area contributed by atoms with E-state index in [0.717, 1.165) is 36.9 Å². The molecule has 0 unspecified atom stereocenters. The van der Waals surface area contributed by atoms with E-state index in [-0.39, 0.29) is 5.91 Å². The van der Waals surface area contributed by atoms with Crippen molar-refractivity contribution in [2.45, 2.75) is 25.7 Å². The summed E-state index contributed by atoms with van der Waals surface area (Å²) in [5.41, 5.74) is 1.27. The highest BCUT2D eigenvalue weighted by atomic mass is 32.1. The molecule has 0 atom stereocenters. The van der Waals surface area contributed by atoms with Gasteiger partial charge in [0.1, 0.15) is 5.82 Å². The van der Waals surface area contributed by atoms with Crippen LogP contribution < -0.4 is 5.32 Å². The van der Waals surface area contributed by atoms with Crippen LogP contribution in [0, 0.1) is 6.92 Å². The van der Waals surface area contributed by atoms with Crippen molar-refractivity contribution in [3.63, 3.8) is 0 Å². The SMILES string of the molecule is C=CC(=O)N1CCC(c2ccnc(Nc3ncc(C)s3)c2)CC1. The average molecular weight is 328 g/mol. The number of hydrogen-bond acceptors (Lipinski definition) is 5. The molecule has 5 nitrogen and oxygen atoms in total. The molecule has 23 heavy (non-hydrogen) atoms. The second-order valence-corrected chi connectivity index (χ2v) is 6.91. The van der Waals surface area contributed by atoms with E-state index in [0.29, 0.717) is 5.92 Å². The molecule has 6 heteroatoms. The highest BCUT2D eigenvalue weighted by molar-refractivity contribution is 7.15. The van der Waals surface area contributed by atoms with Gasteiger partial charge in [0.2, 0.25) is 5.91 Å². The summed E-state index contributed by atoms with van der Waals surface area (Å²) >= 11 is 1.61. The number of carbonyl (C=O) groups is 1. The second kappa shape index (κ2) is 6.91. The van der Waals surface area contributed by atoms with Gasteiger partial charge in [-0.05, 0) is 49.5 Å². The zero-order valence-electron chi connectivity index (χ0n) is 13.2. The van der Waals surface area contributed by atoms with E-state index >= 15 is 0 Å². The quantitative estimate of drug-likeness (QED) is 0.873. The van der Waals surface area contributed by atoms with Crippen LogP contribution in [-0.2, 0) is 4.79 Å². The number of aryl methyl sites for hydroxylation is 1. The summed E-state index contributed by atoms with van der Waals surface area (Å²) in [6.07, 6.45) is 7.02. The maximum atomic E-state index is 11.7. The van der Waals surface area contributed by atoms with Crippen LogP contribution in [0.5, 0.6) is 0 Å². The Hall–Kier alpha value is -2.21. The molecule has 3 heterocycles. The van der Waals surface area contributed by atoms with Crippen molar-refractivity contribution >= 4 is 28.2 Å². The van der Waals surface area contributed by atoms with Crippen molar-refractivity contribution in [1.82, 2.24) is 14.9 Å². The van der Waals surface area contributed by atoms with Gasteiger partial charge < -0.3 is 10.2 Å². The van der Waals surface area contributed by atoms with Gasteiger partial charge in [-0.2, -0.15) is 0 Å². The van der Waals surface area contributed by atoms with Crippen molar-refractivity contribution in [2.24, 2.45) is 0 Å². The zero-order valence-corrected chi connectivity index (χ0v) is 14.0. The Balaban J connectivity index is 1.66. The Morgan fingerprint density at radius 2 is 2.22 bits per heavy atom. The summed E-state index contributed by atoms with van der Waals surface area (Å²) in [5.74, 6) is 1.31. The minimum Gasteiger partial charge on any atom is -0.339 e. The molecule has 0 bridgehead atoms. The summed E-state index contributed by atoms with van der Waals surface area (Å²) in [6.45, 7) is 7.15. The molecule has 1 amide bonds. The number of aromatic nitrogens is 2. The molecule has 2 aromatic heterocycles. The van der Waals surface area contributed by atoms with Crippen LogP contribution in [0.4, 0.5) is 10.9 Å². The van der Waals surface area contributed by atoms with Gasteiger partial charge in [-0.1, -0.05) is 6.58 Å². The first kappa shape index (κ1) is 15.7. The number of pyridine rings is 1. The van der Waals surface area contributed by atoms with Crippen molar-refractivity contribution < 1.29 is 4.79 Å². The fraction of sp³-hybridized carbons (Fsp3) is 0.353. The Kier molecular flexibility index (Phi) is 4.71. The Labute approximate surface area is 140 Å². The molecule has 1 saturated heterocycles. The molecule has 1 fully saturated rings. The van der Waals surface area contributed by atoms with Crippen LogP contribution in [0.3, 0.4) is 0 Å². The number of nitrogens with one attached hydrogen (secondary N) is 1. The molecule has 0 spiro atoms. The molecule has 0 aromatic carbocycles. The third kappa shape index (κ3) is 3.76. The van der Waals surface area contributed by atoms with Gasteiger partial charge >= 0.3 is 0 Å². The number of anilines is 2. The molecule has 0 radical (unpaired) electrons. The predicted octanol–water partition coefficient (Wildman–Crippen LogP) is 3.48. The molecule has 120 valence electrons. The van der Waals surface area contributed by atoms with Crippen molar-refractivity contribution in [3.05, 3.63) is 47.6 Å². The lowest BCUT2D eigenvalue weighted by Crippen LogP contribution is -2.36. The fourth-order valence-electron chi connectivity index (χ4n) is 2.85. The van der Waals surface area contributed by atoms with Gasteiger partial charge in [-0.25, -0.2) is 9.97 Å². The lowest BCUT2D eigenvalue weighted by Gasteiger charge is -2.31. The predicted molar refractivity (Wildman–Crippen MR) is 93.1 cm³/mol. The lowest BCUT2D eigenvalue weighted by atomic mass is 9.90. The number of thiazole rings is 1. The van der Waals surface area contributed by atoms with E-state index in [2.05, 4.69) is 34.0 Å². The van der Waals surface area contributed by atoms with Crippen LogP contribution in [0.15, 0.2) is 37.2 Å². The van der Waals surface area contributed by atoms with E-state index in [1.54, 1.807) is 11.3 Å². The monoisotopic (exact) mass is 328 g/mol. The largest absolute Gasteiger partial charge is 0.339 e. The summed E-state index contributed by atoms with van der Waals surface area (Å²) in [6, 6.07) is 4.15. The molecule has 1 aliphatic rings. The average Bonchev–Trinajstić information content (AvgIpc) is 2.99. The Morgan fingerprint density at radius 3 is 2.87 bits per heavy atom. The number of piperidine rings is 1. The van der Waals surface area contributed by atoms with Gasteiger partial charge in [-0.3, -0.25) is 4.79 Å². The number of likely N-dealkylation sites (tertiary alicyclic amines) is 1. The van der Waals surface area contributed by atoms with Gasteiger partial charge in [0, 0.05) is 30.4 Å². The van der Waals surface area contributed by atoms with E-state index < -0.39 is 0 Å².